The van der Waals surface area contributed by atoms with Gasteiger partial charge in [0, 0.05) is 11.9 Å². The van der Waals surface area contributed by atoms with Crippen LogP contribution in [0.3, 0.4) is 0 Å². The molecule has 0 saturated heterocycles. The van der Waals surface area contributed by atoms with Crippen molar-refractivity contribution < 1.29 is 0 Å². The van der Waals surface area contributed by atoms with Crippen LogP contribution in [0.2, 0.25) is 0 Å². The summed E-state index contributed by atoms with van der Waals surface area (Å²) in [5.41, 5.74) is 2.42. The number of aromatic nitrogens is 2. The van der Waals surface area contributed by atoms with Crippen molar-refractivity contribution in [3.05, 3.63) is 39.1 Å². The molecule has 0 aliphatic heterocycles. The van der Waals surface area contributed by atoms with E-state index in [0.717, 1.165) is 17.0 Å². The standard InChI is InChI=1S/C9H10N2S2/c1-7-4-11(9(12)10-7)5-8-2-3-13-6-8/h2-4,6H,5H2,1H3,(H,10,12). The number of nitrogens with one attached hydrogen (secondary N) is 1. The lowest BCUT2D eigenvalue weighted by molar-refractivity contribution is 0.786. The molecule has 0 amide bonds. The van der Waals surface area contributed by atoms with Gasteiger partial charge in [0.05, 0.1) is 6.54 Å². The lowest BCUT2D eigenvalue weighted by atomic mass is 10.3. The average molecular weight is 210 g/mol. The first-order valence-corrected chi connectivity index (χ1v) is 5.38. The van der Waals surface area contributed by atoms with Gasteiger partial charge in [-0.15, -0.1) is 0 Å². The number of thiophene rings is 1. The average Bonchev–Trinajstić information content (AvgIpc) is 2.63. The van der Waals surface area contributed by atoms with E-state index in [2.05, 4.69) is 21.8 Å². The maximum Gasteiger partial charge on any atom is 0.177 e. The molecule has 2 aromatic rings. The van der Waals surface area contributed by atoms with Gasteiger partial charge in [0.25, 0.3) is 0 Å². The predicted molar refractivity (Wildman–Crippen MR) is 57.8 cm³/mol. The zero-order valence-corrected chi connectivity index (χ0v) is 8.91. The highest BCUT2D eigenvalue weighted by Gasteiger charge is 1.97. The Morgan fingerprint density at radius 1 is 1.62 bits per heavy atom. The second kappa shape index (κ2) is 3.47. The van der Waals surface area contributed by atoms with Crippen molar-refractivity contribution in [3.63, 3.8) is 0 Å². The zero-order chi connectivity index (χ0) is 9.26. The van der Waals surface area contributed by atoms with Crippen LogP contribution in [-0.2, 0) is 6.54 Å². The SMILES string of the molecule is Cc1cn(Cc2ccsc2)c(=S)[nH]1. The highest BCUT2D eigenvalue weighted by Crippen LogP contribution is 2.09. The fourth-order valence-corrected chi connectivity index (χ4v) is 2.20. The number of aromatic amines is 1. The molecule has 0 saturated carbocycles. The van der Waals surface area contributed by atoms with E-state index in [9.17, 15) is 0 Å². The van der Waals surface area contributed by atoms with Crippen LogP contribution < -0.4 is 0 Å². The van der Waals surface area contributed by atoms with Gasteiger partial charge in [-0.25, -0.2) is 0 Å². The second-order valence-electron chi connectivity index (χ2n) is 3.00. The topological polar surface area (TPSA) is 20.7 Å². The maximum atomic E-state index is 5.16. The van der Waals surface area contributed by atoms with E-state index in [0.29, 0.717) is 0 Å². The van der Waals surface area contributed by atoms with Crippen molar-refractivity contribution >= 4 is 23.6 Å². The van der Waals surface area contributed by atoms with E-state index in [4.69, 9.17) is 12.2 Å². The minimum absolute atomic E-state index is 0.795. The summed E-state index contributed by atoms with van der Waals surface area (Å²) in [6.45, 7) is 2.88. The molecule has 0 spiro atoms. The van der Waals surface area contributed by atoms with Crippen molar-refractivity contribution in [2.24, 2.45) is 0 Å². The Balaban J connectivity index is 2.28. The molecule has 2 rings (SSSR count). The van der Waals surface area contributed by atoms with Gasteiger partial charge in [-0.1, -0.05) is 0 Å². The largest absolute Gasteiger partial charge is 0.335 e. The number of hydrogen-bond acceptors (Lipinski definition) is 2. The summed E-state index contributed by atoms with van der Waals surface area (Å²) < 4.78 is 2.84. The second-order valence-corrected chi connectivity index (χ2v) is 4.17. The highest BCUT2D eigenvalue weighted by molar-refractivity contribution is 7.71. The fourth-order valence-electron chi connectivity index (χ4n) is 1.26. The van der Waals surface area contributed by atoms with Crippen LogP contribution in [-0.4, -0.2) is 9.55 Å². The quantitative estimate of drug-likeness (QED) is 0.756. The first kappa shape index (κ1) is 8.72. The third-order valence-corrected chi connectivity index (χ3v) is 2.92. The lowest BCUT2D eigenvalue weighted by Gasteiger charge is -1.97. The predicted octanol–water partition coefficient (Wildman–Crippen LogP) is 2.96. The monoisotopic (exact) mass is 210 g/mol. The molecule has 0 aliphatic rings. The third-order valence-electron chi connectivity index (χ3n) is 1.85. The van der Waals surface area contributed by atoms with Crippen molar-refractivity contribution in [2.45, 2.75) is 13.5 Å². The van der Waals surface area contributed by atoms with Crippen LogP contribution in [0.15, 0.2) is 23.0 Å². The highest BCUT2D eigenvalue weighted by atomic mass is 32.1. The zero-order valence-electron chi connectivity index (χ0n) is 7.28. The van der Waals surface area contributed by atoms with E-state index in [-0.39, 0.29) is 0 Å². The van der Waals surface area contributed by atoms with Crippen molar-refractivity contribution in [2.75, 3.05) is 0 Å². The van der Waals surface area contributed by atoms with Crippen LogP contribution >= 0.6 is 23.6 Å². The molecule has 13 heavy (non-hydrogen) atoms. The Labute approximate surface area is 85.9 Å². The van der Waals surface area contributed by atoms with Crippen molar-refractivity contribution in [3.8, 4) is 0 Å². The molecular formula is C9H10N2S2. The summed E-state index contributed by atoms with van der Waals surface area (Å²) in [6.07, 6.45) is 2.04. The molecule has 0 bridgehead atoms. The lowest BCUT2D eigenvalue weighted by Crippen LogP contribution is -1.95. The summed E-state index contributed by atoms with van der Waals surface area (Å²) in [6, 6.07) is 2.12. The maximum absolute atomic E-state index is 5.16. The van der Waals surface area contributed by atoms with Crippen LogP contribution in [0, 0.1) is 11.7 Å². The summed E-state index contributed by atoms with van der Waals surface area (Å²) in [4.78, 5) is 3.10. The minimum Gasteiger partial charge on any atom is -0.335 e. The number of rotatable bonds is 2. The van der Waals surface area contributed by atoms with Gasteiger partial charge >= 0.3 is 0 Å². The van der Waals surface area contributed by atoms with Crippen molar-refractivity contribution in [1.29, 1.82) is 0 Å². The van der Waals surface area contributed by atoms with Crippen molar-refractivity contribution in [1.82, 2.24) is 9.55 Å². The number of H-pyrrole nitrogens is 1. The first-order valence-electron chi connectivity index (χ1n) is 4.03. The smallest absolute Gasteiger partial charge is 0.177 e. The van der Waals surface area contributed by atoms with Gasteiger partial charge in [-0.2, -0.15) is 11.3 Å². The van der Waals surface area contributed by atoms with Gasteiger partial charge < -0.3 is 9.55 Å². The molecule has 2 nitrogen and oxygen atoms in total. The molecule has 0 atom stereocenters. The molecule has 0 radical (unpaired) electrons. The van der Waals surface area contributed by atoms with Gasteiger partial charge in [0.1, 0.15) is 0 Å². The van der Waals surface area contributed by atoms with Gasteiger partial charge in [0.2, 0.25) is 0 Å². The normalized spacial score (nSPS) is 10.5. The van der Waals surface area contributed by atoms with Crippen LogP contribution in [0.5, 0.6) is 0 Å². The van der Waals surface area contributed by atoms with E-state index in [1.165, 1.54) is 5.56 Å². The Morgan fingerprint density at radius 3 is 3.00 bits per heavy atom. The molecule has 68 valence electrons. The number of hydrogen-bond donors (Lipinski definition) is 1. The third kappa shape index (κ3) is 1.89. The van der Waals surface area contributed by atoms with Gasteiger partial charge in [-0.3, -0.25) is 0 Å². The molecular weight excluding hydrogens is 200 g/mol. The van der Waals surface area contributed by atoms with Gasteiger partial charge in [-0.05, 0) is 41.5 Å². The Bertz CT molecular complexity index is 436. The summed E-state index contributed by atoms with van der Waals surface area (Å²) in [5.74, 6) is 0. The minimum atomic E-state index is 0.795. The van der Waals surface area contributed by atoms with Crippen LogP contribution in [0.1, 0.15) is 11.3 Å². The first-order chi connectivity index (χ1) is 6.25. The molecule has 2 heterocycles. The van der Waals surface area contributed by atoms with E-state index in [1.54, 1.807) is 11.3 Å². The number of aryl methyl sites for hydroxylation is 1. The van der Waals surface area contributed by atoms with E-state index >= 15 is 0 Å². The van der Waals surface area contributed by atoms with Crippen LogP contribution in [0.25, 0.3) is 0 Å². The van der Waals surface area contributed by atoms with E-state index < -0.39 is 0 Å². The Hall–Kier alpha value is -0.870. The number of nitrogens with zero attached hydrogens (tertiary/aromatic N) is 1. The summed E-state index contributed by atoms with van der Waals surface area (Å²) in [7, 11) is 0. The number of imidazole rings is 1. The van der Waals surface area contributed by atoms with Gasteiger partial charge in [0.15, 0.2) is 4.77 Å². The molecule has 1 N–H and O–H groups in total. The molecule has 4 heteroatoms. The molecule has 0 aromatic carbocycles. The Kier molecular flexibility index (Phi) is 2.33. The Morgan fingerprint density at radius 2 is 2.46 bits per heavy atom. The van der Waals surface area contributed by atoms with E-state index in [1.807, 2.05) is 17.7 Å². The van der Waals surface area contributed by atoms with Crippen LogP contribution in [0.4, 0.5) is 0 Å². The molecule has 0 fully saturated rings. The molecule has 0 unspecified atom stereocenters. The fraction of sp³-hybridized carbons (Fsp3) is 0.222. The molecule has 2 aromatic heterocycles. The summed E-state index contributed by atoms with van der Waals surface area (Å²) in [5, 5.41) is 4.22. The molecule has 0 aliphatic carbocycles. The summed E-state index contributed by atoms with van der Waals surface area (Å²) >= 11 is 6.87.